The fourth-order valence-corrected chi connectivity index (χ4v) is 3.15. The van der Waals surface area contributed by atoms with Crippen molar-refractivity contribution in [3.63, 3.8) is 0 Å². The van der Waals surface area contributed by atoms with E-state index in [0.29, 0.717) is 18.0 Å². The van der Waals surface area contributed by atoms with Gasteiger partial charge in [-0.05, 0) is 36.8 Å². The Morgan fingerprint density at radius 2 is 2.00 bits per heavy atom. The van der Waals surface area contributed by atoms with Crippen molar-refractivity contribution in [3.05, 3.63) is 77.0 Å². The number of carbonyl (C=O) groups excluding carboxylic acids is 1. The van der Waals surface area contributed by atoms with E-state index < -0.39 is 0 Å². The Bertz CT molecular complexity index is 1010. The Hall–Kier alpha value is -3.03. The highest BCUT2D eigenvalue weighted by molar-refractivity contribution is 6.30. The number of aryl methyl sites for hydroxylation is 1. The normalized spacial score (nSPS) is 12.2. The number of hydrogen-bond donors (Lipinski definition) is 1. The molecule has 0 saturated heterocycles. The maximum Gasteiger partial charge on any atom is 0.244 e. The predicted octanol–water partition coefficient (Wildman–Crippen LogP) is 5.10. The molecule has 1 atom stereocenters. The van der Waals surface area contributed by atoms with Crippen molar-refractivity contribution in [1.29, 1.82) is 5.26 Å². The molecule has 0 aliphatic rings. The molecule has 1 unspecified atom stereocenters. The first-order valence-electron chi connectivity index (χ1n) is 8.77. The smallest absolute Gasteiger partial charge is 0.244 e. The summed E-state index contributed by atoms with van der Waals surface area (Å²) in [4.78, 5) is 12.3. The van der Waals surface area contributed by atoms with Gasteiger partial charge in [0, 0.05) is 40.3 Å². The first kappa shape index (κ1) is 18.8. The van der Waals surface area contributed by atoms with Crippen LogP contribution in [-0.2, 0) is 11.3 Å². The Morgan fingerprint density at radius 3 is 2.74 bits per heavy atom. The summed E-state index contributed by atoms with van der Waals surface area (Å²) in [5.41, 5.74) is 3.01. The Balaban J connectivity index is 1.74. The van der Waals surface area contributed by atoms with Gasteiger partial charge in [-0.1, -0.05) is 41.9 Å². The molecule has 3 rings (SSSR count). The van der Waals surface area contributed by atoms with Gasteiger partial charge in [-0.15, -0.1) is 0 Å². The van der Waals surface area contributed by atoms with Gasteiger partial charge in [0.2, 0.25) is 5.91 Å². The highest BCUT2D eigenvalue weighted by atomic mass is 35.5. The zero-order valence-corrected chi connectivity index (χ0v) is 15.8. The summed E-state index contributed by atoms with van der Waals surface area (Å²) in [6.07, 6.45) is 5.78. The van der Waals surface area contributed by atoms with Gasteiger partial charge in [-0.3, -0.25) is 4.79 Å². The second-order valence-corrected chi connectivity index (χ2v) is 6.75. The maximum atomic E-state index is 12.3. The van der Waals surface area contributed by atoms with Crippen LogP contribution in [-0.4, -0.2) is 10.5 Å². The van der Waals surface area contributed by atoms with E-state index in [9.17, 15) is 4.79 Å². The average molecular weight is 378 g/mol. The summed E-state index contributed by atoms with van der Waals surface area (Å²) >= 11 is 5.90. The second-order valence-electron chi connectivity index (χ2n) is 6.32. The minimum atomic E-state index is -0.161. The highest BCUT2D eigenvalue weighted by Crippen LogP contribution is 2.23. The van der Waals surface area contributed by atoms with Gasteiger partial charge in [0.1, 0.15) is 0 Å². The molecule has 0 bridgehead atoms. The second kappa shape index (κ2) is 8.57. The lowest BCUT2D eigenvalue weighted by molar-refractivity contribution is -0.117. The fraction of sp³-hybridized carbons (Fsp3) is 0.182. The number of nitriles is 1. The van der Waals surface area contributed by atoms with E-state index in [1.54, 1.807) is 6.08 Å². The predicted molar refractivity (Wildman–Crippen MR) is 109 cm³/mol. The summed E-state index contributed by atoms with van der Waals surface area (Å²) in [5, 5.41) is 13.5. The Kier molecular flexibility index (Phi) is 5.95. The number of nitrogens with one attached hydrogen (secondary N) is 1. The molecule has 27 heavy (non-hydrogen) atoms. The van der Waals surface area contributed by atoms with Crippen molar-refractivity contribution in [2.45, 2.75) is 25.9 Å². The summed E-state index contributed by atoms with van der Waals surface area (Å²) in [6.45, 7) is 2.56. The molecule has 1 heterocycles. The zero-order chi connectivity index (χ0) is 19.2. The molecule has 4 nitrogen and oxygen atoms in total. The number of hydrogen-bond acceptors (Lipinski definition) is 2. The van der Waals surface area contributed by atoms with Crippen LogP contribution in [0, 0.1) is 11.3 Å². The van der Waals surface area contributed by atoms with Crippen molar-refractivity contribution < 1.29 is 4.79 Å². The maximum absolute atomic E-state index is 12.3. The molecule has 0 aliphatic carbocycles. The minimum absolute atomic E-state index is 0.114. The molecule has 1 amide bonds. The Morgan fingerprint density at radius 1 is 1.26 bits per heavy atom. The molecular formula is C22H20ClN3O. The lowest BCUT2D eigenvalue weighted by Crippen LogP contribution is -2.24. The molecule has 0 radical (unpaired) electrons. The summed E-state index contributed by atoms with van der Waals surface area (Å²) in [7, 11) is 0. The first-order valence-corrected chi connectivity index (χ1v) is 9.15. The molecule has 1 aromatic heterocycles. The molecule has 5 heteroatoms. The molecular weight excluding hydrogens is 358 g/mol. The van der Waals surface area contributed by atoms with Crippen LogP contribution in [0.3, 0.4) is 0 Å². The van der Waals surface area contributed by atoms with E-state index in [1.165, 1.54) is 0 Å². The largest absolute Gasteiger partial charge is 0.346 e. The molecule has 2 aromatic carbocycles. The lowest BCUT2D eigenvalue weighted by Gasteiger charge is -2.12. The third kappa shape index (κ3) is 4.58. The lowest BCUT2D eigenvalue weighted by atomic mass is 10.1. The summed E-state index contributed by atoms with van der Waals surface area (Å²) in [6, 6.07) is 17.5. The first-order chi connectivity index (χ1) is 13.1. The standard InChI is InChI=1S/C22H20ClN3O/c1-16(17-7-10-19(23)11-8-17)25-22(27)12-9-18-15-26(14-4-13-24)21-6-3-2-5-20(18)21/h2-3,5-12,15-16H,4,14H2,1H3,(H,25,27)/b12-9+. The van der Waals surface area contributed by atoms with Gasteiger partial charge >= 0.3 is 0 Å². The van der Waals surface area contributed by atoms with E-state index in [2.05, 4.69) is 11.4 Å². The van der Waals surface area contributed by atoms with E-state index in [1.807, 2.05) is 72.3 Å². The van der Waals surface area contributed by atoms with Crippen LogP contribution in [0.1, 0.15) is 30.5 Å². The van der Waals surface area contributed by atoms with Gasteiger partial charge in [0.15, 0.2) is 0 Å². The third-order valence-corrected chi connectivity index (χ3v) is 4.68. The third-order valence-electron chi connectivity index (χ3n) is 4.43. The summed E-state index contributed by atoms with van der Waals surface area (Å²) in [5.74, 6) is -0.161. The van der Waals surface area contributed by atoms with Gasteiger partial charge in [-0.2, -0.15) is 5.26 Å². The van der Waals surface area contributed by atoms with Crippen LogP contribution in [0.25, 0.3) is 17.0 Å². The molecule has 0 fully saturated rings. The van der Waals surface area contributed by atoms with E-state index >= 15 is 0 Å². The van der Waals surface area contributed by atoms with Crippen LogP contribution in [0.4, 0.5) is 0 Å². The highest BCUT2D eigenvalue weighted by Gasteiger charge is 2.09. The van der Waals surface area contributed by atoms with Crippen LogP contribution in [0.2, 0.25) is 5.02 Å². The van der Waals surface area contributed by atoms with Crippen LogP contribution >= 0.6 is 11.6 Å². The number of amides is 1. The monoisotopic (exact) mass is 377 g/mol. The number of nitrogens with zero attached hydrogens (tertiary/aromatic N) is 2. The van der Waals surface area contributed by atoms with E-state index in [-0.39, 0.29) is 11.9 Å². The van der Waals surface area contributed by atoms with Gasteiger partial charge in [-0.25, -0.2) is 0 Å². The Labute approximate surface area is 163 Å². The number of rotatable bonds is 6. The van der Waals surface area contributed by atoms with Crippen molar-refractivity contribution in [3.8, 4) is 6.07 Å². The summed E-state index contributed by atoms with van der Waals surface area (Å²) < 4.78 is 2.05. The van der Waals surface area contributed by atoms with Crippen LogP contribution in [0.15, 0.2) is 60.8 Å². The van der Waals surface area contributed by atoms with Gasteiger partial charge in [0.05, 0.1) is 18.5 Å². The van der Waals surface area contributed by atoms with Crippen molar-refractivity contribution in [1.82, 2.24) is 9.88 Å². The van der Waals surface area contributed by atoms with Crippen molar-refractivity contribution in [2.75, 3.05) is 0 Å². The van der Waals surface area contributed by atoms with Crippen molar-refractivity contribution >= 4 is 34.5 Å². The van der Waals surface area contributed by atoms with Gasteiger partial charge in [0.25, 0.3) is 0 Å². The van der Waals surface area contributed by atoms with Gasteiger partial charge < -0.3 is 9.88 Å². The van der Waals surface area contributed by atoms with Crippen LogP contribution < -0.4 is 5.32 Å². The quantitative estimate of drug-likeness (QED) is 0.607. The number of aromatic nitrogens is 1. The molecule has 3 aromatic rings. The molecule has 136 valence electrons. The van der Waals surface area contributed by atoms with E-state index in [4.69, 9.17) is 16.9 Å². The molecule has 0 saturated carbocycles. The SMILES string of the molecule is CC(NC(=O)/C=C/c1cn(CCC#N)c2ccccc12)c1ccc(Cl)cc1. The number of fused-ring (bicyclic) bond motifs is 1. The molecule has 0 spiro atoms. The van der Waals surface area contributed by atoms with Crippen LogP contribution in [0.5, 0.6) is 0 Å². The number of halogens is 1. The number of para-hydroxylation sites is 1. The zero-order valence-electron chi connectivity index (χ0n) is 15.0. The van der Waals surface area contributed by atoms with Crippen molar-refractivity contribution in [2.24, 2.45) is 0 Å². The fourth-order valence-electron chi connectivity index (χ4n) is 3.03. The van der Waals surface area contributed by atoms with E-state index in [0.717, 1.165) is 22.0 Å². The molecule has 1 N–H and O–H groups in total. The minimum Gasteiger partial charge on any atom is -0.346 e. The topological polar surface area (TPSA) is 57.8 Å². The average Bonchev–Trinajstić information content (AvgIpc) is 3.03. The molecule has 0 aliphatic heterocycles. The number of benzene rings is 2. The number of carbonyl (C=O) groups is 1.